The van der Waals surface area contributed by atoms with Crippen LogP contribution >= 0.6 is 0 Å². The van der Waals surface area contributed by atoms with Gasteiger partial charge in [0.25, 0.3) is 0 Å². The van der Waals surface area contributed by atoms with Gasteiger partial charge in [-0.25, -0.2) is 0 Å². The fourth-order valence-electron chi connectivity index (χ4n) is 4.10. The number of rotatable bonds is 2. The Labute approximate surface area is 105 Å². The average Bonchev–Trinajstić information content (AvgIpc) is 2.17. The SMILES string of the molecule is CC1(CC#N)CCC(N2CC3(CCC3)C2)CC1. The van der Waals surface area contributed by atoms with E-state index in [-0.39, 0.29) is 0 Å². The highest BCUT2D eigenvalue weighted by Crippen LogP contribution is 2.51. The number of hydrogen-bond donors (Lipinski definition) is 0. The summed E-state index contributed by atoms with van der Waals surface area (Å²) in [5, 5.41) is 8.86. The topological polar surface area (TPSA) is 27.0 Å². The molecule has 3 fully saturated rings. The van der Waals surface area contributed by atoms with Gasteiger partial charge in [0.15, 0.2) is 0 Å². The lowest BCUT2D eigenvalue weighted by molar-refractivity contribution is -0.0949. The molecule has 0 amide bonds. The van der Waals surface area contributed by atoms with Crippen molar-refractivity contribution in [1.82, 2.24) is 4.90 Å². The first-order chi connectivity index (χ1) is 8.15. The maximum Gasteiger partial charge on any atom is 0.0627 e. The van der Waals surface area contributed by atoms with Crippen LogP contribution in [-0.2, 0) is 0 Å². The van der Waals surface area contributed by atoms with Crippen molar-refractivity contribution in [3.8, 4) is 6.07 Å². The Kier molecular flexibility index (Phi) is 2.70. The van der Waals surface area contributed by atoms with E-state index >= 15 is 0 Å². The van der Waals surface area contributed by atoms with Gasteiger partial charge in [0.1, 0.15) is 0 Å². The van der Waals surface area contributed by atoms with E-state index in [1.807, 2.05) is 0 Å². The molecule has 0 atom stereocenters. The Hall–Kier alpha value is -0.550. The molecule has 3 rings (SSSR count). The van der Waals surface area contributed by atoms with Crippen LogP contribution < -0.4 is 0 Å². The quantitative estimate of drug-likeness (QED) is 0.730. The van der Waals surface area contributed by atoms with Crippen molar-refractivity contribution in [2.45, 2.75) is 64.3 Å². The number of nitrogens with zero attached hydrogens (tertiary/aromatic N) is 2. The van der Waals surface area contributed by atoms with Gasteiger partial charge in [-0.05, 0) is 49.4 Å². The fraction of sp³-hybridized carbons (Fsp3) is 0.933. The Balaban J connectivity index is 1.48. The summed E-state index contributed by atoms with van der Waals surface area (Å²) in [5.41, 5.74) is 1.09. The summed E-state index contributed by atoms with van der Waals surface area (Å²) in [7, 11) is 0. The van der Waals surface area contributed by atoms with Crippen LogP contribution in [0.1, 0.15) is 58.3 Å². The fourth-order valence-corrected chi connectivity index (χ4v) is 4.10. The normalized spacial score (nSPS) is 40.4. The molecule has 0 aromatic heterocycles. The van der Waals surface area contributed by atoms with Crippen LogP contribution in [0.2, 0.25) is 0 Å². The second-order valence-electron chi connectivity index (χ2n) is 7.14. The molecule has 2 saturated carbocycles. The molecule has 1 spiro atoms. The zero-order valence-electron chi connectivity index (χ0n) is 11.0. The molecule has 1 heterocycles. The van der Waals surface area contributed by atoms with Gasteiger partial charge in [0.2, 0.25) is 0 Å². The molecule has 2 aliphatic carbocycles. The maximum absolute atomic E-state index is 8.86. The first kappa shape index (κ1) is 11.5. The lowest BCUT2D eigenvalue weighted by atomic mass is 9.62. The third-order valence-electron chi connectivity index (χ3n) is 5.68. The Morgan fingerprint density at radius 3 is 2.29 bits per heavy atom. The first-order valence-corrected chi connectivity index (χ1v) is 7.26. The summed E-state index contributed by atoms with van der Waals surface area (Å²) >= 11 is 0. The van der Waals surface area contributed by atoms with Crippen LogP contribution in [0.4, 0.5) is 0 Å². The van der Waals surface area contributed by atoms with Gasteiger partial charge < -0.3 is 0 Å². The number of hydrogen-bond acceptors (Lipinski definition) is 2. The van der Waals surface area contributed by atoms with Gasteiger partial charge in [-0.1, -0.05) is 13.3 Å². The van der Waals surface area contributed by atoms with Crippen LogP contribution in [0, 0.1) is 22.2 Å². The maximum atomic E-state index is 8.86. The zero-order valence-corrected chi connectivity index (χ0v) is 11.0. The highest BCUT2D eigenvalue weighted by Gasteiger charge is 2.49. The monoisotopic (exact) mass is 232 g/mol. The predicted octanol–water partition coefficient (Wildman–Crippen LogP) is 3.33. The highest BCUT2D eigenvalue weighted by atomic mass is 15.2. The van der Waals surface area contributed by atoms with Crippen molar-refractivity contribution in [3.63, 3.8) is 0 Å². The van der Waals surface area contributed by atoms with Crippen LogP contribution in [0.25, 0.3) is 0 Å². The number of likely N-dealkylation sites (tertiary alicyclic amines) is 1. The molecule has 2 nitrogen and oxygen atoms in total. The molecule has 0 N–H and O–H groups in total. The van der Waals surface area contributed by atoms with E-state index < -0.39 is 0 Å². The number of nitriles is 1. The van der Waals surface area contributed by atoms with E-state index in [2.05, 4.69) is 17.9 Å². The minimum Gasteiger partial charge on any atom is -0.299 e. The molecule has 0 aromatic rings. The van der Waals surface area contributed by atoms with Gasteiger partial charge in [-0.3, -0.25) is 4.90 Å². The molecule has 0 radical (unpaired) electrons. The standard InChI is InChI=1S/C15H24N2/c1-14(9-10-16)7-3-13(4-8-14)17-11-15(12-17)5-2-6-15/h13H,2-9,11-12H2,1H3. The third kappa shape index (κ3) is 1.99. The predicted molar refractivity (Wildman–Crippen MR) is 68.5 cm³/mol. The summed E-state index contributed by atoms with van der Waals surface area (Å²) in [4.78, 5) is 2.73. The van der Waals surface area contributed by atoms with E-state index in [4.69, 9.17) is 5.26 Å². The molecular formula is C15H24N2. The van der Waals surface area contributed by atoms with Crippen molar-refractivity contribution in [3.05, 3.63) is 0 Å². The summed E-state index contributed by atoms with van der Waals surface area (Å²) in [6.45, 7) is 5.06. The molecular weight excluding hydrogens is 208 g/mol. The van der Waals surface area contributed by atoms with E-state index in [0.717, 1.165) is 17.9 Å². The molecule has 94 valence electrons. The van der Waals surface area contributed by atoms with Crippen molar-refractivity contribution < 1.29 is 0 Å². The average molecular weight is 232 g/mol. The Morgan fingerprint density at radius 2 is 1.82 bits per heavy atom. The first-order valence-electron chi connectivity index (χ1n) is 7.26. The van der Waals surface area contributed by atoms with Crippen molar-refractivity contribution in [1.29, 1.82) is 5.26 Å². The van der Waals surface area contributed by atoms with Gasteiger partial charge >= 0.3 is 0 Å². The van der Waals surface area contributed by atoms with E-state index in [9.17, 15) is 0 Å². The lowest BCUT2D eigenvalue weighted by Crippen LogP contribution is -2.63. The van der Waals surface area contributed by atoms with Crippen LogP contribution in [0.5, 0.6) is 0 Å². The Bertz CT molecular complexity index is 321. The molecule has 2 heteroatoms. The smallest absolute Gasteiger partial charge is 0.0627 e. The summed E-state index contributed by atoms with van der Waals surface area (Å²) < 4.78 is 0. The van der Waals surface area contributed by atoms with Gasteiger partial charge in [-0.15, -0.1) is 0 Å². The molecule has 0 aromatic carbocycles. The van der Waals surface area contributed by atoms with Crippen molar-refractivity contribution in [2.24, 2.45) is 10.8 Å². The molecule has 1 saturated heterocycles. The summed E-state index contributed by atoms with van der Waals surface area (Å²) in [6, 6.07) is 3.21. The minimum atomic E-state index is 0.324. The van der Waals surface area contributed by atoms with Crippen molar-refractivity contribution in [2.75, 3.05) is 13.1 Å². The van der Waals surface area contributed by atoms with Crippen LogP contribution in [-0.4, -0.2) is 24.0 Å². The second kappa shape index (κ2) is 3.99. The van der Waals surface area contributed by atoms with Crippen LogP contribution in [0.3, 0.4) is 0 Å². The van der Waals surface area contributed by atoms with Gasteiger partial charge in [0, 0.05) is 25.6 Å². The zero-order chi connectivity index (χ0) is 11.9. The summed E-state index contributed by atoms with van der Waals surface area (Å²) in [5.74, 6) is 0. The van der Waals surface area contributed by atoms with Gasteiger partial charge in [0.05, 0.1) is 6.07 Å². The second-order valence-corrected chi connectivity index (χ2v) is 7.14. The van der Waals surface area contributed by atoms with E-state index in [1.54, 1.807) is 0 Å². The molecule has 0 bridgehead atoms. The Morgan fingerprint density at radius 1 is 1.18 bits per heavy atom. The molecule has 17 heavy (non-hydrogen) atoms. The lowest BCUT2D eigenvalue weighted by Gasteiger charge is -2.59. The molecule has 0 unspecified atom stereocenters. The van der Waals surface area contributed by atoms with Gasteiger partial charge in [-0.2, -0.15) is 5.26 Å². The minimum absolute atomic E-state index is 0.324. The highest BCUT2D eigenvalue weighted by molar-refractivity contribution is 5.03. The largest absolute Gasteiger partial charge is 0.299 e. The van der Waals surface area contributed by atoms with E-state index in [1.165, 1.54) is 58.0 Å². The molecule has 3 aliphatic rings. The van der Waals surface area contributed by atoms with Crippen molar-refractivity contribution >= 4 is 0 Å². The molecule has 1 aliphatic heterocycles. The third-order valence-corrected chi connectivity index (χ3v) is 5.68. The van der Waals surface area contributed by atoms with E-state index in [0.29, 0.717) is 5.41 Å². The van der Waals surface area contributed by atoms with Crippen LogP contribution in [0.15, 0.2) is 0 Å². The summed E-state index contributed by atoms with van der Waals surface area (Å²) in [6.07, 6.45) is 10.4.